The first-order chi connectivity index (χ1) is 9.28. The number of rotatable bonds is 3. The second kappa shape index (κ2) is 4.43. The van der Waals surface area contributed by atoms with E-state index in [2.05, 4.69) is 4.98 Å². The lowest BCUT2D eigenvalue weighted by Gasteiger charge is -2.32. The van der Waals surface area contributed by atoms with Crippen LogP contribution < -0.4 is 10.3 Å². The van der Waals surface area contributed by atoms with Gasteiger partial charge in [-0.05, 0) is 52.7 Å². The summed E-state index contributed by atoms with van der Waals surface area (Å²) in [6.45, 7) is 7.81. The fourth-order valence-corrected chi connectivity index (χ4v) is 1.98. The molecule has 20 heavy (non-hydrogen) atoms. The van der Waals surface area contributed by atoms with Crippen LogP contribution in [0, 0.1) is 5.95 Å². The lowest BCUT2D eigenvalue weighted by molar-refractivity contribution is 0.00578. The monoisotopic (exact) mass is 279 g/mol. The number of ether oxygens (including phenoxy) is 1. The van der Waals surface area contributed by atoms with Crippen molar-refractivity contribution < 1.29 is 18.4 Å². The lowest BCUT2D eigenvalue weighted by atomic mass is 9.84. The van der Waals surface area contributed by atoms with Crippen molar-refractivity contribution in [2.24, 2.45) is 0 Å². The van der Waals surface area contributed by atoms with Crippen LogP contribution in [-0.2, 0) is 9.31 Å². The second-order valence-electron chi connectivity index (χ2n) is 6.43. The van der Waals surface area contributed by atoms with E-state index in [1.807, 2.05) is 27.7 Å². The van der Waals surface area contributed by atoms with Crippen LogP contribution in [0.1, 0.15) is 40.5 Å². The summed E-state index contributed by atoms with van der Waals surface area (Å²) in [5, 5.41) is 0. The molecule has 0 amide bonds. The summed E-state index contributed by atoms with van der Waals surface area (Å²) >= 11 is 0. The molecule has 0 unspecified atom stereocenters. The van der Waals surface area contributed by atoms with Gasteiger partial charge in [-0.3, -0.25) is 0 Å². The van der Waals surface area contributed by atoms with Crippen molar-refractivity contribution in [2.45, 2.75) is 57.8 Å². The molecule has 4 nitrogen and oxygen atoms in total. The van der Waals surface area contributed by atoms with E-state index in [4.69, 9.17) is 14.0 Å². The van der Waals surface area contributed by atoms with Crippen molar-refractivity contribution in [1.82, 2.24) is 4.98 Å². The van der Waals surface area contributed by atoms with Gasteiger partial charge in [-0.1, -0.05) is 0 Å². The van der Waals surface area contributed by atoms with Gasteiger partial charge in [0.1, 0.15) is 0 Å². The number of aromatic nitrogens is 1. The maximum absolute atomic E-state index is 13.9. The highest BCUT2D eigenvalue weighted by molar-refractivity contribution is 6.61. The Labute approximate surface area is 118 Å². The van der Waals surface area contributed by atoms with E-state index in [9.17, 15) is 4.39 Å². The molecule has 1 aromatic heterocycles. The van der Waals surface area contributed by atoms with Gasteiger partial charge in [0, 0.05) is 0 Å². The number of hydrogen-bond acceptors (Lipinski definition) is 4. The quantitative estimate of drug-likeness (QED) is 0.627. The Bertz CT molecular complexity index is 515. The summed E-state index contributed by atoms with van der Waals surface area (Å²) in [4.78, 5) is 3.93. The van der Waals surface area contributed by atoms with Gasteiger partial charge >= 0.3 is 7.12 Å². The normalized spacial score (nSPS) is 23.9. The predicted molar refractivity (Wildman–Crippen MR) is 73.6 cm³/mol. The molecule has 0 atom stereocenters. The van der Waals surface area contributed by atoms with E-state index in [1.165, 1.54) is 0 Å². The van der Waals surface area contributed by atoms with E-state index in [1.54, 1.807) is 12.1 Å². The number of pyridine rings is 1. The van der Waals surface area contributed by atoms with Gasteiger partial charge < -0.3 is 14.0 Å². The average Bonchev–Trinajstić information content (AvgIpc) is 3.10. The first kappa shape index (κ1) is 13.8. The summed E-state index contributed by atoms with van der Waals surface area (Å²) in [7, 11) is -0.649. The lowest BCUT2D eigenvalue weighted by Crippen LogP contribution is -2.41. The fraction of sp³-hybridized carbons (Fsp3) is 0.643. The minimum Gasteiger partial charge on any atom is -0.486 e. The summed E-state index contributed by atoms with van der Waals surface area (Å²) in [5.41, 5.74) is -0.484. The molecule has 0 radical (unpaired) electrons. The van der Waals surface area contributed by atoms with Crippen LogP contribution in [-0.4, -0.2) is 29.4 Å². The van der Waals surface area contributed by atoms with Crippen molar-refractivity contribution in [3.63, 3.8) is 0 Å². The maximum atomic E-state index is 13.9. The van der Waals surface area contributed by atoms with E-state index < -0.39 is 24.3 Å². The smallest absolute Gasteiger partial charge is 0.486 e. The van der Waals surface area contributed by atoms with Crippen molar-refractivity contribution in [1.29, 1.82) is 0 Å². The van der Waals surface area contributed by atoms with Crippen LogP contribution in [0.25, 0.3) is 0 Å². The fourth-order valence-electron chi connectivity index (χ4n) is 1.98. The first-order valence-electron chi connectivity index (χ1n) is 6.97. The van der Waals surface area contributed by atoms with Gasteiger partial charge in [0.15, 0.2) is 5.75 Å². The summed E-state index contributed by atoms with van der Waals surface area (Å²) in [5.74, 6) is -0.406. The van der Waals surface area contributed by atoms with Crippen molar-refractivity contribution in [3.8, 4) is 5.75 Å². The molecule has 2 fully saturated rings. The SMILES string of the molecule is CC1(C)OB(c2ccc(OC3CC3)c(F)n2)OC1(C)C. The van der Waals surface area contributed by atoms with Crippen LogP contribution in [0.5, 0.6) is 5.75 Å². The van der Waals surface area contributed by atoms with E-state index in [0.717, 1.165) is 12.8 Å². The van der Waals surface area contributed by atoms with Gasteiger partial charge in [-0.15, -0.1) is 0 Å². The van der Waals surface area contributed by atoms with Gasteiger partial charge in [-0.25, -0.2) is 4.98 Å². The molecular weight excluding hydrogens is 260 g/mol. The minimum atomic E-state index is -0.649. The molecular formula is C14H19BFNO3. The van der Waals surface area contributed by atoms with Crippen molar-refractivity contribution in [2.75, 3.05) is 0 Å². The molecule has 0 aromatic carbocycles. The van der Waals surface area contributed by atoms with Gasteiger partial charge in [0.05, 0.1) is 22.9 Å². The molecule has 1 aliphatic heterocycles. The van der Waals surface area contributed by atoms with Crippen LogP contribution in [0.4, 0.5) is 4.39 Å². The number of hydrogen-bond donors (Lipinski definition) is 0. The Morgan fingerprint density at radius 2 is 1.80 bits per heavy atom. The Morgan fingerprint density at radius 3 is 2.30 bits per heavy atom. The maximum Gasteiger partial charge on any atom is 0.514 e. The molecule has 3 rings (SSSR count). The third-order valence-electron chi connectivity index (χ3n) is 4.15. The van der Waals surface area contributed by atoms with Gasteiger partial charge in [-0.2, -0.15) is 4.39 Å². The zero-order chi connectivity index (χ0) is 14.5. The Morgan fingerprint density at radius 1 is 1.20 bits per heavy atom. The Balaban J connectivity index is 1.79. The molecule has 1 aliphatic carbocycles. The molecule has 0 bridgehead atoms. The number of halogens is 1. The molecule has 1 saturated carbocycles. The third kappa shape index (κ3) is 2.42. The van der Waals surface area contributed by atoms with Crippen LogP contribution >= 0.6 is 0 Å². The van der Waals surface area contributed by atoms with Crippen molar-refractivity contribution >= 4 is 12.7 Å². The summed E-state index contributed by atoms with van der Waals surface area (Å²) in [6.07, 6.45) is 2.12. The molecule has 1 saturated heterocycles. The Kier molecular flexibility index (Phi) is 3.06. The van der Waals surface area contributed by atoms with Crippen LogP contribution in [0.15, 0.2) is 12.1 Å². The van der Waals surface area contributed by atoms with E-state index in [-0.39, 0.29) is 11.9 Å². The molecule has 2 aliphatic rings. The van der Waals surface area contributed by atoms with Crippen LogP contribution in [0.2, 0.25) is 0 Å². The first-order valence-corrected chi connectivity index (χ1v) is 6.97. The van der Waals surface area contributed by atoms with E-state index >= 15 is 0 Å². The summed E-state index contributed by atoms with van der Waals surface area (Å²) in [6, 6.07) is 3.30. The average molecular weight is 279 g/mol. The highest BCUT2D eigenvalue weighted by atomic mass is 19.1. The Hall–Kier alpha value is -1.14. The molecule has 108 valence electrons. The highest BCUT2D eigenvalue weighted by Gasteiger charge is 2.52. The minimum absolute atomic E-state index is 0.147. The topological polar surface area (TPSA) is 40.6 Å². The van der Waals surface area contributed by atoms with Gasteiger partial charge in [0.25, 0.3) is 5.95 Å². The highest BCUT2D eigenvalue weighted by Crippen LogP contribution is 2.36. The zero-order valence-electron chi connectivity index (χ0n) is 12.3. The van der Waals surface area contributed by atoms with E-state index in [0.29, 0.717) is 5.59 Å². The zero-order valence-corrected chi connectivity index (χ0v) is 12.3. The standard InChI is InChI=1S/C14H19BFNO3/c1-13(2)14(3,4)20-15(19-13)11-8-7-10(12(16)17-11)18-9-5-6-9/h7-9H,5-6H2,1-4H3. The molecule has 2 heterocycles. The number of nitrogens with zero attached hydrogens (tertiary/aromatic N) is 1. The molecule has 0 spiro atoms. The second-order valence-corrected chi connectivity index (χ2v) is 6.43. The largest absolute Gasteiger partial charge is 0.514 e. The molecule has 6 heteroatoms. The molecule has 0 N–H and O–H groups in total. The van der Waals surface area contributed by atoms with Gasteiger partial charge in [0.2, 0.25) is 0 Å². The summed E-state index contributed by atoms with van der Waals surface area (Å²) < 4.78 is 31.1. The van der Waals surface area contributed by atoms with Crippen molar-refractivity contribution in [3.05, 3.63) is 18.1 Å². The predicted octanol–water partition coefficient (Wildman–Crippen LogP) is 2.06. The van der Waals surface area contributed by atoms with Crippen LogP contribution in [0.3, 0.4) is 0 Å². The third-order valence-corrected chi connectivity index (χ3v) is 4.15. The molecule has 1 aromatic rings.